The predicted octanol–water partition coefficient (Wildman–Crippen LogP) is 7.83. The Morgan fingerprint density at radius 2 is 1.33 bits per heavy atom. The van der Waals surface area contributed by atoms with E-state index in [4.69, 9.17) is 0 Å². The number of ether oxygens (including phenoxy) is 1. The number of unbranched alkanes of at least 4 members (excludes halogenated alkanes) is 2. The molecule has 0 N–H and O–H groups in total. The van der Waals surface area contributed by atoms with Gasteiger partial charge >= 0.3 is 6.36 Å². The van der Waals surface area contributed by atoms with Gasteiger partial charge in [-0.2, -0.15) is 0 Å². The average Bonchev–Trinajstić information content (AvgIpc) is 2.78. The van der Waals surface area contributed by atoms with E-state index in [0.29, 0.717) is 11.1 Å². The number of hydrogen-bond acceptors (Lipinski definition) is 1. The second kappa shape index (κ2) is 10.8. The Morgan fingerprint density at radius 3 is 1.85 bits per heavy atom. The highest BCUT2D eigenvalue weighted by molar-refractivity contribution is 5.65. The Bertz CT molecular complexity index is 1130. The molecule has 0 aliphatic carbocycles. The molecule has 0 radical (unpaired) electrons. The number of halogens is 5. The third-order valence-electron chi connectivity index (χ3n) is 4.86. The summed E-state index contributed by atoms with van der Waals surface area (Å²) in [5.74, 6) is 1.74. The van der Waals surface area contributed by atoms with Crippen LogP contribution in [0.25, 0.3) is 11.1 Å². The first-order chi connectivity index (χ1) is 15.7. The van der Waals surface area contributed by atoms with Gasteiger partial charge in [-0.25, -0.2) is 8.78 Å². The highest BCUT2D eigenvalue weighted by atomic mass is 19.4. The van der Waals surface area contributed by atoms with Crippen molar-refractivity contribution in [1.29, 1.82) is 0 Å². The van der Waals surface area contributed by atoms with Crippen molar-refractivity contribution < 1.29 is 26.7 Å². The fourth-order valence-corrected chi connectivity index (χ4v) is 3.20. The molecule has 6 heteroatoms. The summed E-state index contributed by atoms with van der Waals surface area (Å²) in [7, 11) is 0. The molecular weight excluding hydrogens is 435 g/mol. The summed E-state index contributed by atoms with van der Waals surface area (Å²) >= 11 is 0. The van der Waals surface area contributed by atoms with Gasteiger partial charge < -0.3 is 4.74 Å². The van der Waals surface area contributed by atoms with E-state index in [9.17, 15) is 22.0 Å². The van der Waals surface area contributed by atoms with Crippen LogP contribution in [0.5, 0.6) is 5.75 Å². The van der Waals surface area contributed by atoms with Crippen LogP contribution in [0.1, 0.15) is 36.0 Å². The van der Waals surface area contributed by atoms with E-state index >= 15 is 0 Å². The van der Waals surface area contributed by atoms with Gasteiger partial charge in [-0.05, 0) is 78.8 Å². The van der Waals surface area contributed by atoms with Crippen LogP contribution < -0.4 is 4.74 Å². The number of allylic oxidation sites excluding steroid dienone is 1. The first-order valence-corrected chi connectivity index (χ1v) is 10.3. The number of benzene rings is 3. The molecule has 3 aromatic carbocycles. The zero-order valence-electron chi connectivity index (χ0n) is 17.7. The van der Waals surface area contributed by atoms with Crippen LogP contribution in [-0.4, -0.2) is 6.36 Å². The lowest BCUT2D eigenvalue weighted by atomic mass is 10.0. The number of rotatable bonds is 7. The molecule has 3 aromatic rings. The molecule has 0 saturated heterocycles. The van der Waals surface area contributed by atoms with Crippen molar-refractivity contribution in [2.24, 2.45) is 0 Å². The van der Waals surface area contributed by atoms with E-state index in [2.05, 4.69) is 35.3 Å². The van der Waals surface area contributed by atoms with Gasteiger partial charge in [0, 0.05) is 11.1 Å². The number of hydrogen-bond donors (Lipinski definition) is 0. The third kappa shape index (κ3) is 7.21. The minimum atomic E-state index is -5.19. The molecule has 33 heavy (non-hydrogen) atoms. The lowest BCUT2D eigenvalue weighted by Crippen LogP contribution is -2.19. The van der Waals surface area contributed by atoms with Crippen LogP contribution >= 0.6 is 0 Å². The fourth-order valence-electron chi connectivity index (χ4n) is 3.20. The van der Waals surface area contributed by atoms with Crippen molar-refractivity contribution in [2.75, 3.05) is 0 Å². The Labute approximate surface area is 189 Å². The van der Waals surface area contributed by atoms with E-state index in [0.717, 1.165) is 43.4 Å². The quantitative estimate of drug-likeness (QED) is 0.152. The minimum Gasteiger partial charge on any atom is -0.399 e. The summed E-state index contributed by atoms with van der Waals surface area (Å²) in [5.41, 5.74) is 3.31. The van der Waals surface area contributed by atoms with Gasteiger partial charge in [0.05, 0.1) is 0 Å². The summed E-state index contributed by atoms with van der Waals surface area (Å²) in [6, 6.07) is 16.1. The summed E-state index contributed by atoms with van der Waals surface area (Å²) in [6.45, 7) is 3.72. The summed E-state index contributed by atoms with van der Waals surface area (Å²) in [4.78, 5) is 0. The van der Waals surface area contributed by atoms with Crippen LogP contribution in [-0.2, 0) is 6.42 Å². The first-order valence-electron chi connectivity index (χ1n) is 10.3. The monoisotopic (exact) mass is 456 g/mol. The molecule has 0 heterocycles. The van der Waals surface area contributed by atoms with Gasteiger partial charge in [0.25, 0.3) is 0 Å². The molecule has 0 amide bonds. The minimum absolute atomic E-state index is 0.0858. The lowest BCUT2D eigenvalue weighted by molar-refractivity contribution is -0.276. The number of aryl methyl sites for hydroxylation is 1. The zero-order chi connectivity index (χ0) is 23.8. The van der Waals surface area contributed by atoms with Gasteiger partial charge in [0.2, 0.25) is 5.75 Å². The molecule has 0 aliphatic heterocycles. The molecule has 0 fully saturated rings. The molecule has 0 spiro atoms. The topological polar surface area (TPSA) is 9.23 Å². The molecule has 0 bridgehead atoms. The first kappa shape index (κ1) is 24.1. The lowest BCUT2D eigenvalue weighted by Gasteiger charge is -2.12. The van der Waals surface area contributed by atoms with Gasteiger partial charge in [0.15, 0.2) is 11.6 Å². The average molecular weight is 456 g/mol. The fraction of sp³-hybridized carbons (Fsp3) is 0.185. The molecule has 1 nitrogen and oxygen atoms in total. The van der Waals surface area contributed by atoms with Gasteiger partial charge in [-0.1, -0.05) is 42.2 Å². The van der Waals surface area contributed by atoms with Crippen LogP contribution in [0, 0.1) is 23.5 Å². The largest absolute Gasteiger partial charge is 0.573 e. The van der Waals surface area contributed by atoms with Crippen molar-refractivity contribution in [2.45, 2.75) is 32.0 Å². The summed E-state index contributed by atoms with van der Waals surface area (Å²) in [6.07, 6.45) is 0.985. The Balaban J connectivity index is 1.68. The summed E-state index contributed by atoms with van der Waals surface area (Å²) in [5, 5.41) is 0. The van der Waals surface area contributed by atoms with Gasteiger partial charge in [-0.15, -0.1) is 19.8 Å². The van der Waals surface area contributed by atoms with E-state index in [1.54, 1.807) is 24.3 Å². The maximum Gasteiger partial charge on any atom is 0.573 e. The number of alkyl halides is 3. The van der Waals surface area contributed by atoms with Crippen molar-refractivity contribution in [3.63, 3.8) is 0 Å². The van der Waals surface area contributed by atoms with Crippen LogP contribution in [0.3, 0.4) is 0 Å². The Kier molecular flexibility index (Phi) is 7.89. The standard InChI is InChI=1S/C27H21F5O/c1-2-3-4-5-6-19-7-9-20(10-8-19)11-12-21-13-15-22(16-14-21)23-17-24(28)26(25(29)18-23)33-27(30,31)32/h2,7-10,13-18H,1,3-6H2. The maximum atomic E-state index is 14.0. The smallest absolute Gasteiger partial charge is 0.399 e. The third-order valence-corrected chi connectivity index (χ3v) is 4.86. The van der Waals surface area contributed by atoms with Crippen LogP contribution in [0.4, 0.5) is 22.0 Å². The molecular formula is C27H21F5O. The SMILES string of the molecule is C=CCCCCc1ccc(C#Cc2ccc(-c3cc(F)c(OC(F)(F)F)c(F)c3)cc2)cc1. The van der Waals surface area contributed by atoms with Crippen LogP contribution in [0.2, 0.25) is 0 Å². The summed E-state index contributed by atoms with van der Waals surface area (Å²) < 4.78 is 68.2. The highest BCUT2D eigenvalue weighted by Gasteiger charge is 2.34. The molecule has 0 saturated carbocycles. The Morgan fingerprint density at radius 1 is 0.788 bits per heavy atom. The molecule has 0 atom stereocenters. The molecule has 0 aliphatic rings. The van der Waals surface area contributed by atoms with Gasteiger partial charge in [0.1, 0.15) is 0 Å². The van der Waals surface area contributed by atoms with Crippen molar-refractivity contribution in [3.8, 4) is 28.7 Å². The predicted molar refractivity (Wildman–Crippen MR) is 119 cm³/mol. The van der Waals surface area contributed by atoms with Gasteiger partial charge in [-0.3, -0.25) is 0 Å². The molecule has 3 rings (SSSR count). The normalized spacial score (nSPS) is 10.9. The van der Waals surface area contributed by atoms with Crippen LogP contribution in [0.15, 0.2) is 73.3 Å². The van der Waals surface area contributed by atoms with Crippen molar-refractivity contribution in [3.05, 3.63) is 102 Å². The molecule has 0 unspecified atom stereocenters. The molecule has 170 valence electrons. The van der Waals surface area contributed by atoms with E-state index in [1.165, 1.54) is 5.56 Å². The Hall–Kier alpha value is -3.59. The van der Waals surface area contributed by atoms with Crippen molar-refractivity contribution >= 4 is 0 Å². The van der Waals surface area contributed by atoms with E-state index in [-0.39, 0.29) is 5.56 Å². The maximum absolute atomic E-state index is 14.0. The second-order valence-corrected chi connectivity index (χ2v) is 7.38. The van der Waals surface area contributed by atoms with Crippen molar-refractivity contribution in [1.82, 2.24) is 0 Å². The second-order valence-electron chi connectivity index (χ2n) is 7.38. The highest BCUT2D eigenvalue weighted by Crippen LogP contribution is 2.32. The van der Waals surface area contributed by atoms with E-state index < -0.39 is 23.7 Å². The molecule has 0 aromatic heterocycles. The zero-order valence-corrected chi connectivity index (χ0v) is 17.7. The van der Waals surface area contributed by atoms with E-state index in [1.807, 2.05) is 18.2 Å².